The Balaban J connectivity index is 2.14. The van der Waals surface area contributed by atoms with Crippen molar-refractivity contribution in [2.75, 3.05) is 18.6 Å². The van der Waals surface area contributed by atoms with Gasteiger partial charge in [0.1, 0.15) is 0 Å². The summed E-state index contributed by atoms with van der Waals surface area (Å²) in [4.78, 5) is 14.7. The second-order valence-electron chi connectivity index (χ2n) is 5.28. The van der Waals surface area contributed by atoms with Gasteiger partial charge >= 0.3 is 0 Å². The highest BCUT2D eigenvalue weighted by atomic mass is 32.2. The molecule has 24 heavy (non-hydrogen) atoms. The van der Waals surface area contributed by atoms with Crippen LogP contribution in [0.1, 0.15) is 18.5 Å². The van der Waals surface area contributed by atoms with Crippen molar-refractivity contribution in [2.24, 2.45) is 5.73 Å². The number of hydrogen-bond acceptors (Lipinski definition) is 7. The third kappa shape index (κ3) is 3.43. The minimum absolute atomic E-state index is 0.0587. The van der Waals surface area contributed by atoms with Gasteiger partial charge in [-0.05, 0) is 24.8 Å². The van der Waals surface area contributed by atoms with Gasteiger partial charge in [-0.25, -0.2) is 15.0 Å². The highest BCUT2D eigenvalue weighted by Crippen LogP contribution is 2.33. The van der Waals surface area contributed by atoms with E-state index in [2.05, 4.69) is 26.3 Å². The average molecular weight is 358 g/mol. The molecule has 0 aliphatic carbocycles. The Kier molecular flexibility index (Phi) is 5.13. The monoisotopic (exact) mass is 357 g/mol. The van der Waals surface area contributed by atoms with Gasteiger partial charge < -0.3 is 11.1 Å². The maximum atomic E-state index is 6.13. The van der Waals surface area contributed by atoms with E-state index in [1.165, 1.54) is 11.8 Å². The zero-order valence-electron chi connectivity index (χ0n) is 13.8. The minimum Gasteiger partial charge on any atom is -0.365 e. The van der Waals surface area contributed by atoms with Crippen LogP contribution < -0.4 is 11.1 Å². The topological polar surface area (TPSA) is 76.7 Å². The van der Waals surface area contributed by atoms with Gasteiger partial charge in [-0.15, -0.1) is 0 Å². The molecule has 0 aliphatic heterocycles. The Bertz CT molecular complexity index is 845. The third-order valence-corrected chi connectivity index (χ3v) is 5.17. The van der Waals surface area contributed by atoms with Crippen LogP contribution in [0.5, 0.6) is 0 Å². The first kappa shape index (κ1) is 16.9. The normalized spacial score (nSPS) is 12.2. The summed E-state index contributed by atoms with van der Waals surface area (Å²) in [5.74, 6) is 0. The predicted molar refractivity (Wildman–Crippen MR) is 103 cm³/mol. The number of nitrogens with one attached hydrogen (secondary N) is 1. The lowest BCUT2D eigenvalue weighted by atomic mass is 9.99. The smallest absolute Gasteiger partial charge is 0.188 e. The van der Waals surface area contributed by atoms with Crippen molar-refractivity contribution in [2.45, 2.75) is 18.1 Å². The maximum absolute atomic E-state index is 6.13. The molecule has 0 aliphatic rings. The summed E-state index contributed by atoms with van der Waals surface area (Å²) in [5.41, 5.74) is 10.0. The standard InChI is InChI=1S/C17H19N5S2/c1-10(18)11-6-4-5-7-12(11)13-8-14(22-17(21-13)23-3)15-9-20-16(19-2)24-15/h4-10H,18H2,1-3H3,(H,19,20). The summed E-state index contributed by atoms with van der Waals surface area (Å²) in [6.45, 7) is 1.98. The summed E-state index contributed by atoms with van der Waals surface area (Å²) < 4.78 is 0. The molecule has 3 N–H and O–H groups in total. The SMILES string of the molecule is CNc1ncc(-c2cc(-c3ccccc3C(C)N)nc(SC)n2)s1. The quantitative estimate of drug-likeness (QED) is 0.530. The van der Waals surface area contributed by atoms with Crippen LogP contribution in [0.2, 0.25) is 0 Å². The Morgan fingerprint density at radius 1 is 1.21 bits per heavy atom. The number of nitrogens with two attached hydrogens (primary N) is 1. The van der Waals surface area contributed by atoms with Crippen LogP contribution in [0.3, 0.4) is 0 Å². The summed E-state index contributed by atoms with van der Waals surface area (Å²) in [5, 5.41) is 4.66. The van der Waals surface area contributed by atoms with E-state index in [0.717, 1.165) is 37.7 Å². The summed E-state index contributed by atoms with van der Waals surface area (Å²) >= 11 is 3.10. The second-order valence-corrected chi connectivity index (χ2v) is 7.08. The van der Waals surface area contributed by atoms with Crippen LogP contribution in [0.4, 0.5) is 5.13 Å². The Labute approximate surface area is 149 Å². The van der Waals surface area contributed by atoms with Crippen LogP contribution >= 0.6 is 23.1 Å². The molecule has 2 aromatic heterocycles. The molecule has 1 atom stereocenters. The van der Waals surface area contributed by atoms with Crippen molar-refractivity contribution in [1.82, 2.24) is 15.0 Å². The van der Waals surface area contributed by atoms with Crippen LogP contribution in [0.25, 0.3) is 21.8 Å². The van der Waals surface area contributed by atoms with E-state index in [4.69, 9.17) is 5.73 Å². The molecule has 2 heterocycles. The number of benzene rings is 1. The molecule has 5 nitrogen and oxygen atoms in total. The molecule has 0 saturated heterocycles. The van der Waals surface area contributed by atoms with Crippen LogP contribution in [0.15, 0.2) is 41.7 Å². The van der Waals surface area contributed by atoms with Crippen molar-refractivity contribution in [3.8, 4) is 21.8 Å². The van der Waals surface area contributed by atoms with E-state index in [9.17, 15) is 0 Å². The van der Waals surface area contributed by atoms with Crippen LogP contribution in [0, 0.1) is 0 Å². The summed E-state index contributed by atoms with van der Waals surface area (Å²) in [6.07, 6.45) is 3.82. The van der Waals surface area contributed by atoms with Crippen molar-refractivity contribution < 1.29 is 0 Å². The first-order valence-electron chi connectivity index (χ1n) is 7.54. The van der Waals surface area contributed by atoms with E-state index in [1.54, 1.807) is 11.3 Å². The number of hydrogen-bond donors (Lipinski definition) is 2. The summed E-state index contributed by atoms with van der Waals surface area (Å²) in [7, 11) is 1.86. The molecule has 0 bridgehead atoms. The number of rotatable bonds is 5. The van der Waals surface area contributed by atoms with Gasteiger partial charge in [0.2, 0.25) is 0 Å². The zero-order valence-corrected chi connectivity index (χ0v) is 15.4. The molecular weight excluding hydrogens is 338 g/mol. The molecule has 3 rings (SSSR count). The Morgan fingerprint density at radius 3 is 2.62 bits per heavy atom. The van der Waals surface area contributed by atoms with Crippen molar-refractivity contribution in [3.05, 3.63) is 42.1 Å². The molecule has 124 valence electrons. The predicted octanol–water partition coefficient (Wildman–Crippen LogP) is 4.05. The van der Waals surface area contributed by atoms with Crippen molar-refractivity contribution in [1.29, 1.82) is 0 Å². The fourth-order valence-corrected chi connectivity index (χ4v) is 3.53. The zero-order chi connectivity index (χ0) is 17.1. The van der Waals surface area contributed by atoms with Crippen LogP contribution in [-0.4, -0.2) is 28.3 Å². The molecule has 7 heteroatoms. The summed E-state index contributed by atoms with van der Waals surface area (Å²) in [6, 6.07) is 10.1. The molecule has 1 aromatic carbocycles. The molecule has 0 amide bonds. The van der Waals surface area contributed by atoms with Gasteiger partial charge in [-0.3, -0.25) is 0 Å². The first-order valence-corrected chi connectivity index (χ1v) is 9.58. The van der Waals surface area contributed by atoms with Gasteiger partial charge in [0, 0.05) is 24.8 Å². The highest BCUT2D eigenvalue weighted by molar-refractivity contribution is 7.98. The molecule has 0 spiro atoms. The van der Waals surface area contributed by atoms with Gasteiger partial charge in [0.15, 0.2) is 10.3 Å². The second kappa shape index (κ2) is 7.29. The van der Waals surface area contributed by atoms with Crippen LogP contribution in [-0.2, 0) is 0 Å². The van der Waals surface area contributed by atoms with E-state index >= 15 is 0 Å². The van der Waals surface area contributed by atoms with Gasteiger partial charge in [0.25, 0.3) is 0 Å². The molecule has 0 fully saturated rings. The van der Waals surface area contributed by atoms with Gasteiger partial charge in [-0.2, -0.15) is 0 Å². The lowest BCUT2D eigenvalue weighted by molar-refractivity contribution is 0.818. The third-order valence-electron chi connectivity index (χ3n) is 3.59. The largest absolute Gasteiger partial charge is 0.365 e. The minimum atomic E-state index is -0.0587. The number of nitrogens with zero attached hydrogens (tertiary/aromatic N) is 3. The molecule has 3 aromatic rings. The number of thioether (sulfide) groups is 1. The number of anilines is 1. The molecule has 0 saturated carbocycles. The van der Waals surface area contributed by atoms with Crippen molar-refractivity contribution >= 4 is 28.2 Å². The fourth-order valence-electron chi connectivity index (χ4n) is 2.42. The number of thiazole rings is 1. The van der Waals surface area contributed by atoms with E-state index < -0.39 is 0 Å². The first-order chi connectivity index (χ1) is 11.6. The molecular formula is C17H19N5S2. The Morgan fingerprint density at radius 2 is 1.96 bits per heavy atom. The van der Waals surface area contributed by atoms with E-state index in [0.29, 0.717) is 0 Å². The van der Waals surface area contributed by atoms with E-state index in [-0.39, 0.29) is 6.04 Å². The van der Waals surface area contributed by atoms with E-state index in [1.807, 2.05) is 50.7 Å². The lowest BCUT2D eigenvalue weighted by Gasteiger charge is -2.13. The lowest BCUT2D eigenvalue weighted by Crippen LogP contribution is -2.07. The highest BCUT2D eigenvalue weighted by Gasteiger charge is 2.14. The number of aromatic nitrogens is 3. The van der Waals surface area contributed by atoms with Gasteiger partial charge in [0.05, 0.1) is 16.3 Å². The Hall–Kier alpha value is -1.96. The molecule has 1 unspecified atom stereocenters. The van der Waals surface area contributed by atoms with Crippen molar-refractivity contribution in [3.63, 3.8) is 0 Å². The maximum Gasteiger partial charge on any atom is 0.188 e. The average Bonchev–Trinajstić information content (AvgIpc) is 3.10. The van der Waals surface area contributed by atoms with Gasteiger partial charge in [-0.1, -0.05) is 47.4 Å². The fraction of sp³-hybridized carbons (Fsp3) is 0.235. The molecule has 0 radical (unpaired) electrons.